The molecule has 0 saturated heterocycles. The SMILES string of the molecule is COC(=O)c1ccc(S(=O)(=O)Nc2ccc(C)cc2F)cc1. The molecular weight excluding hydrogens is 309 g/mol. The van der Waals surface area contributed by atoms with Gasteiger partial charge in [0, 0.05) is 0 Å². The van der Waals surface area contributed by atoms with Crippen LogP contribution in [0.25, 0.3) is 0 Å². The van der Waals surface area contributed by atoms with Gasteiger partial charge < -0.3 is 4.74 Å². The molecule has 0 unspecified atom stereocenters. The highest BCUT2D eigenvalue weighted by Gasteiger charge is 2.17. The second kappa shape index (κ2) is 6.15. The van der Waals surface area contributed by atoms with Gasteiger partial charge in [-0.2, -0.15) is 0 Å². The van der Waals surface area contributed by atoms with Gasteiger partial charge >= 0.3 is 5.97 Å². The molecule has 0 radical (unpaired) electrons. The van der Waals surface area contributed by atoms with E-state index in [1.165, 1.54) is 43.5 Å². The van der Waals surface area contributed by atoms with E-state index in [9.17, 15) is 17.6 Å². The number of hydrogen-bond acceptors (Lipinski definition) is 4. The highest BCUT2D eigenvalue weighted by molar-refractivity contribution is 7.92. The first-order valence-electron chi connectivity index (χ1n) is 6.31. The Morgan fingerprint density at radius 3 is 2.32 bits per heavy atom. The molecule has 2 aromatic carbocycles. The Morgan fingerprint density at radius 1 is 1.14 bits per heavy atom. The van der Waals surface area contributed by atoms with Crippen LogP contribution in [-0.2, 0) is 14.8 Å². The monoisotopic (exact) mass is 323 g/mol. The number of ether oxygens (including phenoxy) is 1. The van der Waals surface area contributed by atoms with Crippen LogP contribution in [0.5, 0.6) is 0 Å². The quantitative estimate of drug-likeness (QED) is 0.878. The Morgan fingerprint density at radius 2 is 1.77 bits per heavy atom. The molecule has 7 heteroatoms. The minimum absolute atomic E-state index is 0.0832. The van der Waals surface area contributed by atoms with Crippen LogP contribution in [0.3, 0.4) is 0 Å². The molecule has 0 saturated carbocycles. The Bertz CT molecular complexity index is 801. The molecule has 0 aromatic heterocycles. The van der Waals surface area contributed by atoms with Gasteiger partial charge in [0.25, 0.3) is 10.0 Å². The Kier molecular flexibility index (Phi) is 4.46. The zero-order valence-electron chi connectivity index (χ0n) is 12.0. The van der Waals surface area contributed by atoms with E-state index in [0.717, 1.165) is 0 Å². The average molecular weight is 323 g/mol. The molecular formula is C15H14FNO4S. The summed E-state index contributed by atoms with van der Waals surface area (Å²) >= 11 is 0. The number of benzene rings is 2. The first-order chi connectivity index (χ1) is 10.3. The normalized spacial score (nSPS) is 11.0. The molecule has 0 bridgehead atoms. The molecule has 116 valence electrons. The van der Waals surface area contributed by atoms with E-state index in [0.29, 0.717) is 5.56 Å². The van der Waals surface area contributed by atoms with E-state index in [-0.39, 0.29) is 16.1 Å². The number of anilines is 1. The molecule has 0 amide bonds. The fourth-order valence-electron chi connectivity index (χ4n) is 1.79. The summed E-state index contributed by atoms with van der Waals surface area (Å²) in [7, 11) is -2.71. The van der Waals surface area contributed by atoms with Gasteiger partial charge in [-0.05, 0) is 48.9 Å². The van der Waals surface area contributed by atoms with Crippen molar-refractivity contribution in [1.82, 2.24) is 0 Å². The summed E-state index contributed by atoms with van der Waals surface area (Å²) in [5.74, 6) is -1.23. The number of methoxy groups -OCH3 is 1. The minimum atomic E-state index is -3.94. The molecule has 0 aliphatic carbocycles. The Balaban J connectivity index is 2.28. The average Bonchev–Trinajstić information content (AvgIpc) is 2.49. The van der Waals surface area contributed by atoms with Gasteiger partial charge in [-0.1, -0.05) is 6.07 Å². The van der Waals surface area contributed by atoms with E-state index < -0.39 is 21.8 Å². The lowest BCUT2D eigenvalue weighted by Crippen LogP contribution is -2.14. The third-order valence-electron chi connectivity index (χ3n) is 2.95. The second-order valence-corrected chi connectivity index (χ2v) is 6.29. The topological polar surface area (TPSA) is 72.5 Å². The van der Waals surface area contributed by atoms with Crippen LogP contribution in [0, 0.1) is 12.7 Å². The number of hydrogen-bond donors (Lipinski definition) is 1. The standard InChI is InChI=1S/C15H14FNO4S/c1-10-3-8-14(13(16)9-10)17-22(19,20)12-6-4-11(5-7-12)15(18)21-2/h3-9,17H,1-2H3. The van der Waals surface area contributed by atoms with Crippen molar-refractivity contribution in [3.05, 3.63) is 59.4 Å². The van der Waals surface area contributed by atoms with E-state index >= 15 is 0 Å². The van der Waals surface area contributed by atoms with Crippen LogP contribution < -0.4 is 4.72 Å². The smallest absolute Gasteiger partial charge is 0.337 e. The van der Waals surface area contributed by atoms with Crippen molar-refractivity contribution in [2.45, 2.75) is 11.8 Å². The first-order valence-corrected chi connectivity index (χ1v) is 7.79. The summed E-state index contributed by atoms with van der Waals surface area (Å²) in [4.78, 5) is 11.2. The number of carbonyl (C=O) groups excluding carboxylic acids is 1. The van der Waals surface area contributed by atoms with Crippen molar-refractivity contribution in [3.63, 3.8) is 0 Å². The first kappa shape index (κ1) is 16.0. The van der Waals surface area contributed by atoms with Gasteiger partial charge in [-0.15, -0.1) is 0 Å². The molecule has 0 spiro atoms. The van der Waals surface area contributed by atoms with Crippen molar-refractivity contribution < 1.29 is 22.3 Å². The van der Waals surface area contributed by atoms with E-state index in [1.54, 1.807) is 13.0 Å². The third-order valence-corrected chi connectivity index (χ3v) is 4.34. The fraction of sp³-hybridized carbons (Fsp3) is 0.133. The van der Waals surface area contributed by atoms with E-state index in [4.69, 9.17) is 0 Å². The zero-order valence-corrected chi connectivity index (χ0v) is 12.8. The van der Waals surface area contributed by atoms with Gasteiger partial charge in [0.1, 0.15) is 5.82 Å². The Labute approximate surface area is 127 Å². The van der Waals surface area contributed by atoms with Crippen molar-refractivity contribution in [2.75, 3.05) is 11.8 Å². The van der Waals surface area contributed by atoms with Crippen molar-refractivity contribution >= 4 is 21.7 Å². The number of halogens is 1. The summed E-state index contributed by atoms with van der Waals surface area (Å²) in [5, 5.41) is 0. The molecule has 22 heavy (non-hydrogen) atoms. The number of esters is 1. The lowest BCUT2D eigenvalue weighted by atomic mass is 10.2. The lowest BCUT2D eigenvalue weighted by Gasteiger charge is -2.10. The number of sulfonamides is 1. The van der Waals surface area contributed by atoms with Crippen molar-refractivity contribution in [3.8, 4) is 0 Å². The Hall–Kier alpha value is -2.41. The molecule has 0 fully saturated rings. The van der Waals surface area contributed by atoms with Crippen LogP contribution in [0.1, 0.15) is 15.9 Å². The van der Waals surface area contributed by atoms with Gasteiger partial charge in [0.05, 0.1) is 23.3 Å². The molecule has 5 nitrogen and oxygen atoms in total. The van der Waals surface area contributed by atoms with Gasteiger partial charge in [0.15, 0.2) is 0 Å². The van der Waals surface area contributed by atoms with Crippen LogP contribution in [0.2, 0.25) is 0 Å². The summed E-state index contributed by atoms with van der Waals surface area (Å²) in [5.41, 5.74) is 0.772. The zero-order chi connectivity index (χ0) is 16.3. The summed E-state index contributed by atoms with van der Waals surface area (Å²) in [6.45, 7) is 1.70. The highest BCUT2D eigenvalue weighted by Crippen LogP contribution is 2.20. The largest absolute Gasteiger partial charge is 0.465 e. The summed E-state index contributed by atoms with van der Waals surface area (Å²) < 4.78 is 44.8. The van der Waals surface area contributed by atoms with Gasteiger partial charge in [-0.25, -0.2) is 17.6 Å². The number of carbonyl (C=O) groups is 1. The molecule has 0 aliphatic heterocycles. The summed E-state index contributed by atoms with van der Waals surface area (Å²) in [6.07, 6.45) is 0. The lowest BCUT2D eigenvalue weighted by molar-refractivity contribution is 0.0600. The predicted octanol–water partition coefficient (Wildman–Crippen LogP) is 2.72. The highest BCUT2D eigenvalue weighted by atomic mass is 32.2. The maximum absolute atomic E-state index is 13.7. The fourth-order valence-corrected chi connectivity index (χ4v) is 2.86. The van der Waals surface area contributed by atoms with Crippen LogP contribution in [-0.4, -0.2) is 21.5 Å². The van der Waals surface area contributed by atoms with Crippen molar-refractivity contribution in [1.29, 1.82) is 0 Å². The molecule has 1 N–H and O–H groups in total. The number of rotatable bonds is 4. The van der Waals surface area contributed by atoms with Crippen LogP contribution >= 0.6 is 0 Å². The minimum Gasteiger partial charge on any atom is -0.465 e. The van der Waals surface area contributed by atoms with Gasteiger partial charge in [-0.3, -0.25) is 4.72 Å². The maximum atomic E-state index is 13.7. The van der Waals surface area contributed by atoms with E-state index in [1.807, 2.05) is 0 Å². The van der Waals surface area contributed by atoms with Gasteiger partial charge in [0.2, 0.25) is 0 Å². The molecule has 0 aliphatic rings. The van der Waals surface area contributed by atoms with E-state index in [2.05, 4.69) is 9.46 Å². The molecule has 2 rings (SSSR count). The number of nitrogens with one attached hydrogen (secondary N) is 1. The van der Waals surface area contributed by atoms with Crippen LogP contribution in [0.15, 0.2) is 47.4 Å². The number of aryl methyl sites for hydroxylation is 1. The van der Waals surface area contributed by atoms with Crippen LogP contribution in [0.4, 0.5) is 10.1 Å². The molecule has 0 heterocycles. The molecule has 2 aromatic rings. The molecule has 0 atom stereocenters. The second-order valence-electron chi connectivity index (χ2n) is 4.60. The summed E-state index contributed by atoms with van der Waals surface area (Å²) in [6, 6.07) is 9.34. The third kappa shape index (κ3) is 3.43. The predicted molar refractivity (Wildman–Crippen MR) is 79.7 cm³/mol. The van der Waals surface area contributed by atoms with Crippen molar-refractivity contribution in [2.24, 2.45) is 0 Å². The maximum Gasteiger partial charge on any atom is 0.337 e.